The first kappa shape index (κ1) is 18.9. The number of carbonyl (C=O) groups is 2. The molecule has 4 aromatic rings. The van der Waals surface area contributed by atoms with Gasteiger partial charge in [-0.25, -0.2) is 4.98 Å². The van der Waals surface area contributed by atoms with Crippen molar-refractivity contribution in [2.75, 3.05) is 18.0 Å². The molecule has 2 aromatic heterocycles. The Bertz CT molecular complexity index is 1390. The molecule has 31 heavy (non-hydrogen) atoms. The van der Waals surface area contributed by atoms with Crippen molar-refractivity contribution in [1.82, 2.24) is 9.88 Å². The highest BCUT2D eigenvalue weighted by Gasteiger charge is 2.34. The molecule has 1 aliphatic rings. The summed E-state index contributed by atoms with van der Waals surface area (Å²) in [6, 6.07) is 14.4. The number of nitrogens with zero attached hydrogens (tertiary/aromatic N) is 2. The van der Waals surface area contributed by atoms with E-state index in [-0.39, 0.29) is 18.4 Å². The molecule has 3 heterocycles. The van der Waals surface area contributed by atoms with Gasteiger partial charge in [-0.1, -0.05) is 36.1 Å². The highest BCUT2D eigenvalue weighted by Crippen LogP contribution is 2.38. The van der Waals surface area contributed by atoms with Crippen LogP contribution in [0.1, 0.15) is 26.3 Å². The van der Waals surface area contributed by atoms with Crippen LogP contribution in [0.2, 0.25) is 0 Å². The van der Waals surface area contributed by atoms with Gasteiger partial charge in [0.15, 0.2) is 0 Å². The van der Waals surface area contributed by atoms with Gasteiger partial charge in [-0.15, -0.1) is 11.3 Å². The molecule has 2 aromatic carbocycles. The summed E-state index contributed by atoms with van der Waals surface area (Å²) in [5.41, 5.74) is 16.1. The van der Waals surface area contributed by atoms with E-state index in [1.54, 1.807) is 30.5 Å². The molecule has 7 heteroatoms. The molecule has 150 valence electrons. The van der Waals surface area contributed by atoms with Crippen LogP contribution in [0.15, 0.2) is 60.1 Å². The second-order valence-corrected chi connectivity index (χ2v) is 7.96. The van der Waals surface area contributed by atoms with E-state index in [0.29, 0.717) is 28.2 Å². The van der Waals surface area contributed by atoms with Gasteiger partial charge in [-0.3, -0.25) is 14.5 Å². The van der Waals surface area contributed by atoms with Gasteiger partial charge in [-0.05, 0) is 35.2 Å². The third kappa shape index (κ3) is 3.10. The number of nitrogen functional groups attached to an aromatic ring is 2. The topological polar surface area (TPSA) is 102 Å². The number of carbonyl (C=O) groups excluding carboxylic acids is 2. The summed E-state index contributed by atoms with van der Waals surface area (Å²) in [6.45, 7) is 0.00834. The van der Waals surface area contributed by atoms with Gasteiger partial charge in [0.25, 0.3) is 11.8 Å². The predicted molar refractivity (Wildman–Crippen MR) is 123 cm³/mol. The first-order valence-corrected chi connectivity index (χ1v) is 10.4. The number of hydrogen-bond acceptors (Lipinski definition) is 6. The van der Waals surface area contributed by atoms with Crippen LogP contribution in [0.25, 0.3) is 21.2 Å². The molecule has 0 bridgehead atoms. The average molecular weight is 424 g/mol. The first-order chi connectivity index (χ1) is 15.0. The number of imide groups is 1. The van der Waals surface area contributed by atoms with Crippen LogP contribution in [0.4, 0.5) is 11.5 Å². The number of pyridine rings is 1. The zero-order chi connectivity index (χ0) is 21.5. The predicted octanol–water partition coefficient (Wildman–Crippen LogP) is 3.78. The van der Waals surface area contributed by atoms with E-state index in [1.807, 2.05) is 29.6 Å². The van der Waals surface area contributed by atoms with Crippen LogP contribution in [0.5, 0.6) is 0 Å². The Labute approximate surface area is 182 Å². The molecule has 1 aliphatic heterocycles. The normalized spacial score (nSPS) is 12.7. The molecule has 0 radical (unpaired) electrons. The van der Waals surface area contributed by atoms with Gasteiger partial charge >= 0.3 is 0 Å². The second kappa shape index (κ2) is 7.27. The number of rotatable bonds is 2. The van der Waals surface area contributed by atoms with Gasteiger partial charge in [0.2, 0.25) is 0 Å². The van der Waals surface area contributed by atoms with E-state index in [1.165, 1.54) is 11.3 Å². The molecule has 4 N–H and O–H groups in total. The summed E-state index contributed by atoms with van der Waals surface area (Å²) < 4.78 is 0.911. The van der Waals surface area contributed by atoms with Crippen LogP contribution in [0.3, 0.4) is 0 Å². The van der Waals surface area contributed by atoms with Gasteiger partial charge in [-0.2, -0.15) is 0 Å². The fraction of sp³-hybridized carbons (Fsp3) is 0.0417. The van der Waals surface area contributed by atoms with Crippen LogP contribution >= 0.6 is 11.3 Å². The SMILES string of the molecule is Nc1ccc(-c2csc3c(C#CCN4C(=O)c5ccccc5C4=O)cnc(N)c23)cc1. The van der Waals surface area contributed by atoms with Gasteiger partial charge < -0.3 is 11.5 Å². The highest BCUT2D eigenvalue weighted by atomic mass is 32.1. The van der Waals surface area contributed by atoms with E-state index in [0.717, 1.165) is 26.1 Å². The van der Waals surface area contributed by atoms with Crippen molar-refractivity contribution in [1.29, 1.82) is 0 Å². The number of nitrogens with two attached hydrogens (primary N) is 2. The smallest absolute Gasteiger partial charge is 0.262 e. The Kier molecular flexibility index (Phi) is 4.42. The summed E-state index contributed by atoms with van der Waals surface area (Å²) in [7, 11) is 0. The standard InChI is InChI=1S/C24H16N4O2S/c25-16-9-7-14(8-10-16)19-13-31-21-15(12-27-22(26)20(19)21)4-3-11-28-23(29)17-5-1-2-6-18(17)24(28)30/h1-2,5-10,12-13H,11,25H2,(H2,26,27). The number of anilines is 2. The summed E-state index contributed by atoms with van der Waals surface area (Å²) in [5, 5.41) is 2.85. The Morgan fingerprint density at radius 2 is 1.61 bits per heavy atom. The number of thiophene rings is 1. The molecule has 2 amide bonds. The number of fused-ring (bicyclic) bond motifs is 2. The van der Waals surface area contributed by atoms with Gasteiger partial charge in [0.05, 0.1) is 27.9 Å². The molecule has 0 saturated heterocycles. The van der Waals surface area contributed by atoms with E-state index in [4.69, 9.17) is 11.5 Å². The Balaban J connectivity index is 1.47. The zero-order valence-electron chi connectivity index (χ0n) is 16.3. The maximum Gasteiger partial charge on any atom is 0.262 e. The lowest BCUT2D eigenvalue weighted by atomic mass is 10.0. The van der Waals surface area contributed by atoms with E-state index in [2.05, 4.69) is 16.8 Å². The fourth-order valence-electron chi connectivity index (χ4n) is 3.63. The minimum atomic E-state index is -0.322. The maximum atomic E-state index is 12.5. The molecular formula is C24H16N4O2S. The minimum Gasteiger partial charge on any atom is -0.399 e. The van der Waals surface area contributed by atoms with E-state index < -0.39 is 0 Å². The molecule has 0 saturated carbocycles. The maximum absolute atomic E-state index is 12.5. The van der Waals surface area contributed by atoms with Crippen LogP contribution in [-0.4, -0.2) is 28.2 Å². The number of benzene rings is 2. The van der Waals surface area contributed by atoms with Crippen molar-refractivity contribution < 1.29 is 9.59 Å². The number of aromatic nitrogens is 1. The largest absolute Gasteiger partial charge is 0.399 e. The summed E-state index contributed by atoms with van der Waals surface area (Å²) in [6.07, 6.45) is 1.62. The molecule has 6 nitrogen and oxygen atoms in total. The lowest BCUT2D eigenvalue weighted by Gasteiger charge is -2.08. The fourth-order valence-corrected chi connectivity index (χ4v) is 4.68. The molecule has 0 spiro atoms. The van der Waals surface area contributed by atoms with Gasteiger partial charge in [0, 0.05) is 22.8 Å². The van der Waals surface area contributed by atoms with E-state index >= 15 is 0 Å². The summed E-state index contributed by atoms with van der Waals surface area (Å²) in [4.78, 5) is 30.5. The Morgan fingerprint density at radius 1 is 0.935 bits per heavy atom. The van der Waals surface area contributed by atoms with E-state index in [9.17, 15) is 9.59 Å². The van der Waals surface area contributed by atoms with Crippen molar-refractivity contribution >= 4 is 44.7 Å². The lowest BCUT2D eigenvalue weighted by Crippen LogP contribution is -2.29. The van der Waals surface area contributed by atoms with Crippen molar-refractivity contribution in [3.05, 3.63) is 76.8 Å². The average Bonchev–Trinajstić information content (AvgIpc) is 3.33. The first-order valence-electron chi connectivity index (χ1n) is 9.50. The van der Waals surface area contributed by atoms with Crippen LogP contribution in [0, 0.1) is 11.8 Å². The third-order valence-electron chi connectivity index (χ3n) is 5.18. The molecule has 0 fully saturated rings. The lowest BCUT2D eigenvalue weighted by molar-refractivity contribution is 0.0675. The van der Waals surface area contributed by atoms with Crippen molar-refractivity contribution in [3.63, 3.8) is 0 Å². The summed E-state index contributed by atoms with van der Waals surface area (Å²) >= 11 is 1.53. The number of amides is 2. The molecular weight excluding hydrogens is 408 g/mol. The zero-order valence-corrected chi connectivity index (χ0v) is 17.1. The van der Waals surface area contributed by atoms with Crippen molar-refractivity contribution in [2.45, 2.75) is 0 Å². The molecule has 0 atom stereocenters. The van der Waals surface area contributed by atoms with Gasteiger partial charge in [0.1, 0.15) is 5.82 Å². The molecule has 5 rings (SSSR count). The highest BCUT2D eigenvalue weighted by molar-refractivity contribution is 7.18. The monoisotopic (exact) mass is 424 g/mol. The van der Waals surface area contributed by atoms with Crippen molar-refractivity contribution in [2.24, 2.45) is 0 Å². The Morgan fingerprint density at radius 3 is 2.29 bits per heavy atom. The molecule has 0 unspecified atom stereocenters. The second-order valence-electron chi connectivity index (χ2n) is 7.08. The van der Waals surface area contributed by atoms with Crippen molar-refractivity contribution in [3.8, 4) is 23.0 Å². The summed E-state index contributed by atoms with van der Waals surface area (Å²) in [5.74, 6) is 5.79. The number of hydrogen-bond donors (Lipinski definition) is 2. The minimum absolute atomic E-state index is 0.00834. The quantitative estimate of drug-likeness (QED) is 0.290. The van der Waals surface area contributed by atoms with Crippen LogP contribution in [-0.2, 0) is 0 Å². The molecule has 0 aliphatic carbocycles. The Hall–Kier alpha value is -4.15. The third-order valence-corrected chi connectivity index (χ3v) is 6.20. The van der Waals surface area contributed by atoms with Crippen LogP contribution < -0.4 is 11.5 Å².